The van der Waals surface area contributed by atoms with Crippen molar-refractivity contribution in [3.8, 4) is 0 Å². The lowest BCUT2D eigenvalue weighted by atomic mass is 9.80. The fraction of sp³-hybridized carbons (Fsp3) is 1.00. The minimum absolute atomic E-state index is 0.351. The van der Waals surface area contributed by atoms with Gasteiger partial charge in [-0.25, -0.2) is 0 Å². The van der Waals surface area contributed by atoms with Gasteiger partial charge in [0.05, 0.1) is 0 Å². The highest BCUT2D eigenvalue weighted by Gasteiger charge is 2.46. The quantitative estimate of drug-likeness (QED) is 0.835. The first-order chi connectivity index (χ1) is 9.35. The Morgan fingerprint density at radius 3 is 2.30 bits per heavy atom. The van der Waals surface area contributed by atoms with Crippen LogP contribution in [0.4, 0.5) is 0 Å². The molecule has 0 aromatic rings. The maximum atomic E-state index is 3.90. The van der Waals surface area contributed by atoms with Crippen molar-refractivity contribution in [2.75, 3.05) is 13.1 Å². The summed E-state index contributed by atoms with van der Waals surface area (Å²) < 4.78 is 0. The number of hydrogen-bond donors (Lipinski definition) is 1. The van der Waals surface area contributed by atoms with Crippen LogP contribution in [-0.4, -0.2) is 35.6 Å². The van der Waals surface area contributed by atoms with Gasteiger partial charge in [-0.1, -0.05) is 48.0 Å². The summed E-state index contributed by atoms with van der Waals surface area (Å²) in [6.45, 7) is 16.9. The zero-order valence-electron chi connectivity index (χ0n) is 14.6. The molecule has 1 heterocycles. The zero-order valence-corrected chi connectivity index (χ0v) is 14.6. The molecule has 0 aromatic carbocycles. The van der Waals surface area contributed by atoms with Gasteiger partial charge < -0.3 is 5.32 Å². The molecule has 1 aliphatic heterocycles. The molecule has 2 nitrogen and oxygen atoms in total. The molecule has 2 heteroatoms. The molecule has 20 heavy (non-hydrogen) atoms. The number of rotatable bonds is 4. The van der Waals surface area contributed by atoms with E-state index in [9.17, 15) is 0 Å². The summed E-state index contributed by atoms with van der Waals surface area (Å²) in [7, 11) is 0. The summed E-state index contributed by atoms with van der Waals surface area (Å²) in [5.74, 6) is 0.741. The molecule has 2 rings (SSSR count). The Kier molecular flexibility index (Phi) is 4.86. The van der Waals surface area contributed by atoms with E-state index in [-0.39, 0.29) is 0 Å². The van der Waals surface area contributed by atoms with Crippen molar-refractivity contribution >= 4 is 0 Å². The minimum atomic E-state index is 0.351. The highest BCUT2D eigenvalue weighted by atomic mass is 15.3. The maximum absolute atomic E-state index is 3.90. The predicted molar refractivity (Wildman–Crippen MR) is 88.1 cm³/mol. The van der Waals surface area contributed by atoms with Crippen LogP contribution in [0.25, 0.3) is 0 Å². The summed E-state index contributed by atoms with van der Waals surface area (Å²) in [6, 6.07) is 1.50. The fourth-order valence-electron chi connectivity index (χ4n) is 4.57. The number of hydrogen-bond acceptors (Lipinski definition) is 2. The normalized spacial score (nSPS) is 33.8. The molecule has 0 bridgehead atoms. The molecular formula is C18H36N2. The van der Waals surface area contributed by atoms with Crippen LogP contribution in [0.3, 0.4) is 0 Å². The second kappa shape index (κ2) is 5.96. The van der Waals surface area contributed by atoms with Gasteiger partial charge in [0.2, 0.25) is 0 Å². The van der Waals surface area contributed by atoms with E-state index in [1.165, 1.54) is 45.2 Å². The summed E-state index contributed by atoms with van der Waals surface area (Å²) in [4.78, 5) is 2.90. The number of nitrogens with one attached hydrogen (secondary N) is 1. The lowest BCUT2D eigenvalue weighted by Crippen LogP contribution is -2.68. The van der Waals surface area contributed by atoms with E-state index in [4.69, 9.17) is 0 Å². The van der Waals surface area contributed by atoms with Gasteiger partial charge in [0.15, 0.2) is 0 Å². The van der Waals surface area contributed by atoms with Gasteiger partial charge in [0.1, 0.15) is 0 Å². The first-order valence-corrected chi connectivity index (χ1v) is 8.86. The van der Waals surface area contributed by atoms with E-state index < -0.39 is 0 Å². The van der Waals surface area contributed by atoms with Crippen molar-refractivity contribution in [2.24, 2.45) is 11.3 Å². The molecule has 0 amide bonds. The summed E-state index contributed by atoms with van der Waals surface area (Å²) >= 11 is 0. The zero-order chi connectivity index (χ0) is 15.0. The lowest BCUT2D eigenvalue weighted by molar-refractivity contribution is -0.0133. The van der Waals surface area contributed by atoms with Crippen LogP contribution in [0.15, 0.2) is 0 Å². The Balaban J connectivity index is 2.23. The Morgan fingerprint density at radius 1 is 1.20 bits per heavy atom. The van der Waals surface area contributed by atoms with E-state index in [1.807, 2.05) is 0 Å². The molecule has 2 aliphatic rings. The monoisotopic (exact) mass is 280 g/mol. The van der Waals surface area contributed by atoms with Crippen LogP contribution in [0.2, 0.25) is 0 Å². The molecular weight excluding hydrogens is 244 g/mol. The van der Waals surface area contributed by atoms with Gasteiger partial charge in [-0.2, -0.15) is 0 Å². The van der Waals surface area contributed by atoms with Crippen LogP contribution >= 0.6 is 0 Å². The van der Waals surface area contributed by atoms with Gasteiger partial charge in [0, 0.05) is 30.7 Å². The molecule has 2 atom stereocenters. The van der Waals surface area contributed by atoms with Gasteiger partial charge in [-0.15, -0.1) is 0 Å². The summed E-state index contributed by atoms with van der Waals surface area (Å²) in [6.07, 6.45) is 6.71. The van der Waals surface area contributed by atoms with E-state index in [2.05, 4.69) is 51.8 Å². The highest BCUT2D eigenvalue weighted by Crippen LogP contribution is 2.43. The lowest BCUT2D eigenvalue weighted by Gasteiger charge is -2.53. The molecule has 1 N–H and O–H groups in total. The smallest absolute Gasteiger partial charge is 0.0304 e. The van der Waals surface area contributed by atoms with Crippen LogP contribution < -0.4 is 5.32 Å². The molecule has 118 valence electrons. The van der Waals surface area contributed by atoms with E-state index >= 15 is 0 Å². The second-order valence-corrected chi connectivity index (χ2v) is 8.25. The van der Waals surface area contributed by atoms with Crippen molar-refractivity contribution in [1.29, 1.82) is 0 Å². The summed E-state index contributed by atoms with van der Waals surface area (Å²) in [5.41, 5.74) is 0.849. The second-order valence-electron chi connectivity index (χ2n) is 8.25. The maximum Gasteiger partial charge on any atom is 0.0304 e. The van der Waals surface area contributed by atoms with Crippen molar-refractivity contribution in [2.45, 2.75) is 91.3 Å². The molecule has 0 spiro atoms. The number of piperazine rings is 1. The van der Waals surface area contributed by atoms with Gasteiger partial charge in [-0.3, -0.25) is 4.90 Å². The van der Waals surface area contributed by atoms with Crippen molar-refractivity contribution in [3.63, 3.8) is 0 Å². The van der Waals surface area contributed by atoms with Crippen LogP contribution in [0, 0.1) is 11.3 Å². The van der Waals surface area contributed by atoms with Gasteiger partial charge >= 0.3 is 0 Å². The molecule has 1 saturated carbocycles. The van der Waals surface area contributed by atoms with Crippen LogP contribution in [0.5, 0.6) is 0 Å². The average Bonchev–Trinajstić information content (AvgIpc) is 2.77. The van der Waals surface area contributed by atoms with Crippen LogP contribution in [-0.2, 0) is 0 Å². The Labute approximate surface area is 126 Å². The fourth-order valence-corrected chi connectivity index (χ4v) is 4.57. The average molecular weight is 280 g/mol. The third kappa shape index (κ3) is 2.92. The van der Waals surface area contributed by atoms with Gasteiger partial charge in [-0.05, 0) is 37.0 Å². The highest BCUT2D eigenvalue weighted by molar-refractivity contribution is 5.03. The molecule has 0 aromatic heterocycles. The molecule has 2 fully saturated rings. The predicted octanol–water partition coefficient (Wildman–Crippen LogP) is 4.05. The standard InChI is InChI=1S/C18H36N2/c1-7-18(8-2)13-20(15(12-19-18)14(3)4)16-10-9-11-17(16,5)6/h14-16,19H,7-13H2,1-6H3. The first kappa shape index (κ1) is 16.3. The van der Waals surface area contributed by atoms with Crippen molar-refractivity contribution in [3.05, 3.63) is 0 Å². The summed E-state index contributed by atoms with van der Waals surface area (Å²) in [5, 5.41) is 3.90. The Morgan fingerprint density at radius 2 is 1.85 bits per heavy atom. The van der Waals surface area contributed by atoms with Gasteiger partial charge in [0.25, 0.3) is 0 Å². The van der Waals surface area contributed by atoms with Crippen molar-refractivity contribution < 1.29 is 0 Å². The Hall–Kier alpha value is -0.0800. The van der Waals surface area contributed by atoms with Crippen LogP contribution in [0.1, 0.15) is 73.6 Å². The molecule has 0 radical (unpaired) electrons. The first-order valence-electron chi connectivity index (χ1n) is 8.86. The SMILES string of the molecule is CCC1(CC)CN(C2CCCC2(C)C)C(C(C)C)CN1. The third-order valence-corrected chi connectivity index (χ3v) is 6.32. The van der Waals surface area contributed by atoms with E-state index in [1.54, 1.807) is 0 Å². The minimum Gasteiger partial charge on any atom is -0.308 e. The molecule has 2 unspecified atom stereocenters. The largest absolute Gasteiger partial charge is 0.308 e. The topological polar surface area (TPSA) is 15.3 Å². The van der Waals surface area contributed by atoms with E-state index in [0.29, 0.717) is 17.0 Å². The third-order valence-electron chi connectivity index (χ3n) is 6.32. The molecule has 1 saturated heterocycles. The molecule has 1 aliphatic carbocycles. The Bertz CT molecular complexity index is 317. The van der Waals surface area contributed by atoms with E-state index in [0.717, 1.165) is 12.0 Å². The number of nitrogens with zero attached hydrogens (tertiary/aromatic N) is 1. The van der Waals surface area contributed by atoms with Crippen molar-refractivity contribution in [1.82, 2.24) is 10.2 Å².